The quantitative estimate of drug-likeness (QED) is 0.325. The minimum Gasteiger partial charge on any atom is -0.493 e. The summed E-state index contributed by atoms with van der Waals surface area (Å²) in [5.74, 6) is 0.930. The summed E-state index contributed by atoms with van der Waals surface area (Å²) in [6, 6.07) is 3.16. The molecule has 0 aliphatic carbocycles. The van der Waals surface area contributed by atoms with Crippen molar-refractivity contribution < 1.29 is 37.6 Å². The highest BCUT2D eigenvalue weighted by molar-refractivity contribution is 6.13. The highest BCUT2D eigenvalue weighted by Gasteiger charge is 2.26. The average Bonchev–Trinajstić information content (AvgIpc) is 2.75. The van der Waals surface area contributed by atoms with Gasteiger partial charge in [0.1, 0.15) is 6.61 Å². The number of benzene rings is 2. The van der Waals surface area contributed by atoms with Gasteiger partial charge in [0.25, 0.3) is 0 Å². The molecule has 1 heterocycles. The highest BCUT2D eigenvalue weighted by atomic mass is 16.5. The van der Waals surface area contributed by atoms with Crippen LogP contribution in [0, 0.1) is 0 Å². The first kappa shape index (κ1) is 21.1. The fraction of sp³-hybridized carbons (Fsp3) is 0.333. The van der Waals surface area contributed by atoms with Crippen LogP contribution in [0.2, 0.25) is 0 Å². The van der Waals surface area contributed by atoms with E-state index in [1.165, 1.54) is 48.5 Å². The third-order valence-corrected chi connectivity index (χ3v) is 4.63. The Morgan fingerprint density at radius 3 is 1.97 bits per heavy atom. The summed E-state index contributed by atoms with van der Waals surface area (Å²) >= 11 is 0. The standard InChI is InChI=1S/C21H22O9/c1-10(22)29-9-11-7-13(24-2)18(27-5)20-15(11)16-12(21(23)30-20)8-14(25-3)17(26-4)19(16)28-6/h7-8H,9H2,1-6H3. The highest BCUT2D eigenvalue weighted by Crippen LogP contribution is 2.48. The van der Waals surface area contributed by atoms with E-state index >= 15 is 0 Å². The zero-order valence-corrected chi connectivity index (χ0v) is 17.5. The van der Waals surface area contributed by atoms with E-state index in [9.17, 15) is 9.59 Å². The number of rotatable bonds is 7. The minimum atomic E-state index is -0.637. The lowest BCUT2D eigenvalue weighted by Crippen LogP contribution is -2.07. The molecule has 0 N–H and O–H groups in total. The maximum Gasteiger partial charge on any atom is 0.344 e. The number of ether oxygens (including phenoxy) is 6. The molecular weight excluding hydrogens is 396 g/mol. The van der Waals surface area contributed by atoms with E-state index in [2.05, 4.69) is 0 Å². The number of methoxy groups -OCH3 is 5. The number of hydrogen-bond acceptors (Lipinski definition) is 9. The van der Waals surface area contributed by atoms with Gasteiger partial charge in [0.2, 0.25) is 11.5 Å². The molecule has 2 aromatic carbocycles. The summed E-state index contributed by atoms with van der Waals surface area (Å²) in [4.78, 5) is 24.3. The molecule has 0 amide bonds. The molecule has 0 aliphatic heterocycles. The van der Waals surface area contributed by atoms with Crippen LogP contribution in [0.15, 0.2) is 21.3 Å². The van der Waals surface area contributed by atoms with Crippen LogP contribution < -0.4 is 29.3 Å². The molecule has 0 spiro atoms. The Balaban J connectivity index is 2.61. The van der Waals surface area contributed by atoms with Crippen LogP contribution in [-0.2, 0) is 16.1 Å². The summed E-state index contributed by atoms with van der Waals surface area (Å²) in [6.07, 6.45) is 0. The Kier molecular flexibility index (Phi) is 5.91. The van der Waals surface area contributed by atoms with Crippen molar-refractivity contribution in [3.05, 3.63) is 28.1 Å². The van der Waals surface area contributed by atoms with Gasteiger partial charge in [0.15, 0.2) is 22.8 Å². The van der Waals surface area contributed by atoms with Crippen LogP contribution in [0.5, 0.6) is 28.7 Å². The maximum absolute atomic E-state index is 12.9. The van der Waals surface area contributed by atoms with Gasteiger partial charge in [-0.1, -0.05) is 0 Å². The molecular formula is C21H22O9. The molecule has 160 valence electrons. The van der Waals surface area contributed by atoms with E-state index in [0.717, 1.165) is 0 Å². The van der Waals surface area contributed by atoms with E-state index < -0.39 is 11.6 Å². The number of carbonyl (C=O) groups excluding carboxylic acids is 1. The molecule has 9 heteroatoms. The van der Waals surface area contributed by atoms with Crippen LogP contribution in [-0.4, -0.2) is 41.5 Å². The van der Waals surface area contributed by atoms with Crippen LogP contribution in [0.25, 0.3) is 21.7 Å². The predicted molar refractivity (Wildman–Crippen MR) is 108 cm³/mol. The molecule has 0 atom stereocenters. The van der Waals surface area contributed by atoms with Crippen molar-refractivity contribution >= 4 is 27.7 Å². The molecule has 0 fully saturated rings. The van der Waals surface area contributed by atoms with Gasteiger partial charge in [0, 0.05) is 23.3 Å². The topological polar surface area (TPSA) is 103 Å². The third kappa shape index (κ3) is 3.32. The number of hydrogen-bond donors (Lipinski definition) is 0. The Morgan fingerprint density at radius 1 is 0.833 bits per heavy atom. The van der Waals surface area contributed by atoms with Gasteiger partial charge >= 0.3 is 11.6 Å². The van der Waals surface area contributed by atoms with Gasteiger partial charge in [-0.2, -0.15) is 0 Å². The maximum atomic E-state index is 12.9. The van der Waals surface area contributed by atoms with Gasteiger partial charge in [-0.25, -0.2) is 4.79 Å². The van der Waals surface area contributed by atoms with Crippen molar-refractivity contribution in [3.63, 3.8) is 0 Å². The van der Waals surface area contributed by atoms with Crippen LogP contribution >= 0.6 is 0 Å². The Morgan fingerprint density at radius 2 is 1.43 bits per heavy atom. The van der Waals surface area contributed by atoms with Gasteiger partial charge in [-0.05, 0) is 12.1 Å². The molecule has 0 saturated heterocycles. The molecule has 0 radical (unpaired) electrons. The molecule has 3 rings (SSSR count). The van der Waals surface area contributed by atoms with E-state index in [-0.39, 0.29) is 29.1 Å². The first-order valence-electron chi connectivity index (χ1n) is 8.88. The first-order chi connectivity index (χ1) is 14.4. The van der Waals surface area contributed by atoms with Crippen molar-refractivity contribution in [2.75, 3.05) is 35.5 Å². The zero-order valence-electron chi connectivity index (χ0n) is 17.5. The minimum absolute atomic E-state index is 0.0908. The monoisotopic (exact) mass is 418 g/mol. The average molecular weight is 418 g/mol. The second kappa shape index (κ2) is 8.40. The third-order valence-electron chi connectivity index (χ3n) is 4.63. The van der Waals surface area contributed by atoms with E-state index in [1.807, 2.05) is 0 Å². The summed E-state index contributed by atoms with van der Waals surface area (Å²) in [6.45, 7) is 1.21. The van der Waals surface area contributed by atoms with Crippen molar-refractivity contribution in [2.24, 2.45) is 0 Å². The second-order valence-electron chi connectivity index (χ2n) is 6.21. The summed E-state index contributed by atoms with van der Waals surface area (Å²) in [5, 5.41) is 1.07. The van der Waals surface area contributed by atoms with E-state index in [1.54, 1.807) is 6.07 Å². The molecule has 30 heavy (non-hydrogen) atoms. The fourth-order valence-corrected chi connectivity index (χ4v) is 3.39. The number of esters is 1. The molecule has 0 aliphatic rings. The molecule has 0 saturated carbocycles. The lowest BCUT2D eigenvalue weighted by atomic mass is 10.00. The first-order valence-corrected chi connectivity index (χ1v) is 8.88. The molecule has 9 nitrogen and oxygen atoms in total. The van der Waals surface area contributed by atoms with Gasteiger partial charge < -0.3 is 32.8 Å². The molecule has 3 aromatic rings. The van der Waals surface area contributed by atoms with Gasteiger partial charge in [0.05, 0.1) is 40.9 Å². The Hall–Kier alpha value is -3.62. The van der Waals surface area contributed by atoms with Crippen molar-refractivity contribution in [1.82, 2.24) is 0 Å². The summed E-state index contributed by atoms with van der Waals surface area (Å²) < 4.78 is 38.1. The van der Waals surface area contributed by atoms with Crippen molar-refractivity contribution in [2.45, 2.75) is 13.5 Å². The number of fused-ring (bicyclic) bond motifs is 3. The lowest BCUT2D eigenvalue weighted by molar-refractivity contribution is -0.142. The molecule has 0 unspecified atom stereocenters. The Labute approximate surface area is 172 Å². The van der Waals surface area contributed by atoms with Crippen molar-refractivity contribution in [3.8, 4) is 28.7 Å². The zero-order chi connectivity index (χ0) is 22.0. The SMILES string of the molecule is COc1cc2c(=O)oc3c(OC)c(OC)cc(COC(C)=O)c3c2c(OC)c1OC. The van der Waals surface area contributed by atoms with Crippen LogP contribution in [0.4, 0.5) is 0 Å². The predicted octanol–water partition coefficient (Wildman–Crippen LogP) is 3.05. The normalized spacial score (nSPS) is 10.7. The van der Waals surface area contributed by atoms with Crippen LogP contribution in [0.3, 0.4) is 0 Å². The summed E-state index contributed by atoms with van der Waals surface area (Å²) in [7, 11) is 7.24. The second-order valence-corrected chi connectivity index (χ2v) is 6.21. The largest absolute Gasteiger partial charge is 0.493 e. The van der Waals surface area contributed by atoms with E-state index in [0.29, 0.717) is 33.6 Å². The fourth-order valence-electron chi connectivity index (χ4n) is 3.39. The summed E-state index contributed by atoms with van der Waals surface area (Å²) in [5.41, 5.74) is 0.0147. The van der Waals surface area contributed by atoms with Crippen LogP contribution in [0.1, 0.15) is 12.5 Å². The van der Waals surface area contributed by atoms with Gasteiger partial charge in [-0.3, -0.25) is 4.79 Å². The van der Waals surface area contributed by atoms with Crippen molar-refractivity contribution in [1.29, 1.82) is 0 Å². The van der Waals surface area contributed by atoms with E-state index in [4.69, 9.17) is 32.8 Å². The Bertz CT molecular complexity index is 1180. The lowest BCUT2D eigenvalue weighted by Gasteiger charge is -2.18. The van der Waals surface area contributed by atoms with Gasteiger partial charge in [-0.15, -0.1) is 0 Å². The number of carbonyl (C=O) groups is 1. The molecule has 1 aromatic heterocycles. The smallest absolute Gasteiger partial charge is 0.344 e. The molecule has 0 bridgehead atoms.